The van der Waals surface area contributed by atoms with Crippen molar-refractivity contribution in [3.63, 3.8) is 0 Å². The lowest BCUT2D eigenvalue weighted by Crippen LogP contribution is -2.39. The average molecular weight is 128 g/mol. The van der Waals surface area contributed by atoms with Crippen LogP contribution in [0.15, 0.2) is 12.2 Å². The Morgan fingerprint density at radius 2 is 2.00 bits per heavy atom. The lowest BCUT2D eigenvalue weighted by molar-refractivity contribution is 0.457. The lowest BCUT2D eigenvalue weighted by atomic mass is 9.99. The van der Waals surface area contributed by atoms with E-state index < -0.39 is 0 Å². The van der Waals surface area contributed by atoms with Crippen LogP contribution in [0.25, 0.3) is 0 Å². The van der Waals surface area contributed by atoms with Crippen molar-refractivity contribution in [2.75, 3.05) is 0 Å². The minimum Gasteiger partial charge on any atom is -0.271 e. The summed E-state index contributed by atoms with van der Waals surface area (Å²) in [5.74, 6) is 5.78. The molecule has 0 heterocycles. The van der Waals surface area contributed by atoms with Crippen molar-refractivity contribution in [1.29, 1.82) is 0 Å². The summed E-state index contributed by atoms with van der Waals surface area (Å²) in [4.78, 5) is 0. The fourth-order valence-electron chi connectivity index (χ4n) is 0.904. The first-order valence-corrected chi connectivity index (χ1v) is 3.21. The molecule has 0 saturated carbocycles. The summed E-state index contributed by atoms with van der Waals surface area (Å²) in [7, 11) is 0. The molecule has 0 rings (SSSR count). The van der Waals surface area contributed by atoms with Crippen LogP contribution in [-0.2, 0) is 0 Å². The van der Waals surface area contributed by atoms with Crippen molar-refractivity contribution in [2.24, 2.45) is 11.8 Å². The van der Waals surface area contributed by atoms with Crippen LogP contribution in [0, 0.1) is 5.92 Å². The van der Waals surface area contributed by atoms with E-state index in [1.807, 2.05) is 6.92 Å². The molecule has 0 fully saturated rings. The van der Waals surface area contributed by atoms with E-state index in [9.17, 15) is 0 Å². The first kappa shape index (κ1) is 8.66. The van der Waals surface area contributed by atoms with E-state index in [1.165, 1.54) is 0 Å². The van der Waals surface area contributed by atoms with Crippen molar-refractivity contribution < 1.29 is 0 Å². The zero-order valence-corrected chi connectivity index (χ0v) is 6.44. The van der Waals surface area contributed by atoms with Crippen LogP contribution in [0.4, 0.5) is 0 Å². The van der Waals surface area contributed by atoms with E-state index in [1.54, 1.807) is 0 Å². The molecule has 3 N–H and O–H groups in total. The minimum atomic E-state index is 0.255. The summed E-state index contributed by atoms with van der Waals surface area (Å²) < 4.78 is 0. The van der Waals surface area contributed by atoms with Gasteiger partial charge in [0.15, 0.2) is 0 Å². The summed E-state index contributed by atoms with van der Waals surface area (Å²) in [6.45, 7) is 10.0. The molecule has 9 heavy (non-hydrogen) atoms. The number of hydrazine groups is 1. The zero-order valence-electron chi connectivity index (χ0n) is 6.44. The molecule has 54 valence electrons. The summed E-state index contributed by atoms with van der Waals surface area (Å²) >= 11 is 0. The van der Waals surface area contributed by atoms with Gasteiger partial charge in [-0.15, -0.1) is 0 Å². The maximum absolute atomic E-state index is 5.26. The van der Waals surface area contributed by atoms with Crippen LogP contribution in [0.5, 0.6) is 0 Å². The third-order valence-corrected chi connectivity index (χ3v) is 1.38. The van der Waals surface area contributed by atoms with Gasteiger partial charge in [0.2, 0.25) is 0 Å². The molecule has 1 atom stereocenters. The van der Waals surface area contributed by atoms with Crippen LogP contribution in [0.2, 0.25) is 0 Å². The van der Waals surface area contributed by atoms with Crippen molar-refractivity contribution in [1.82, 2.24) is 5.43 Å². The Morgan fingerprint density at radius 1 is 1.56 bits per heavy atom. The van der Waals surface area contributed by atoms with Gasteiger partial charge in [-0.1, -0.05) is 26.0 Å². The average Bonchev–Trinajstić information content (AvgIpc) is 1.64. The molecule has 0 aliphatic carbocycles. The van der Waals surface area contributed by atoms with Gasteiger partial charge in [0.1, 0.15) is 0 Å². The van der Waals surface area contributed by atoms with Gasteiger partial charge in [-0.3, -0.25) is 11.3 Å². The molecule has 0 aliphatic heterocycles. The Morgan fingerprint density at radius 3 is 2.00 bits per heavy atom. The van der Waals surface area contributed by atoms with E-state index in [0.717, 1.165) is 5.57 Å². The van der Waals surface area contributed by atoms with Crippen LogP contribution < -0.4 is 11.3 Å². The number of hydrogen-bond acceptors (Lipinski definition) is 2. The van der Waals surface area contributed by atoms with E-state index in [4.69, 9.17) is 5.84 Å². The Labute approximate surface area is 57.1 Å². The highest BCUT2D eigenvalue weighted by molar-refractivity contribution is 5.01. The van der Waals surface area contributed by atoms with Gasteiger partial charge in [0, 0.05) is 6.04 Å². The highest BCUT2D eigenvalue weighted by Crippen LogP contribution is 2.07. The number of nitrogens with two attached hydrogens (primary N) is 1. The van der Waals surface area contributed by atoms with E-state index in [0.29, 0.717) is 5.92 Å². The summed E-state index contributed by atoms with van der Waals surface area (Å²) in [5, 5.41) is 0. The maximum atomic E-state index is 5.26. The Kier molecular flexibility index (Phi) is 3.50. The predicted octanol–water partition coefficient (Wildman–Crippen LogP) is 1.05. The maximum Gasteiger partial charge on any atom is 0.0437 e. The zero-order chi connectivity index (χ0) is 7.44. The quantitative estimate of drug-likeness (QED) is 0.339. The number of nitrogens with one attached hydrogen (secondary N) is 1. The largest absolute Gasteiger partial charge is 0.271 e. The van der Waals surface area contributed by atoms with Gasteiger partial charge < -0.3 is 0 Å². The second-order valence-electron chi connectivity index (χ2n) is 2.73. The third kappa shape index (κ3) is 2.63. The Hall–Kier alpha value is -0.340. The van der Waals surface area contributed by atoms with Crippen LogP contribution in [0.1, 0.15) is 20.8 Å². The molecule has 0 aliphatic rings. The summed E-state index contributed by atoms with van der Waals surface area (Å²) in [6, 6.07) is 0.255. The smallest absolute Gasteiger partial charge is 0.0437 e. The fraction of sp³-hybridized carbons (Fsp3) is 0.714. The Bertz CT molecular complexity index is 97.1. The van der Waals surface area contributed by atoms with Crippen LogP contribution in [0.3, 0.4) is 0 Å². The minimum absolute atomic E-state index is 0.255. The van der Waals surface area contributed by atoms with Gasteiger partial charge in [-0.25, -0.2) is 0 Å². The first-order valence-electron chi connectivity index (χ1n) is 3.21. The lowest BCUT2D eigenvalue weighted by Gasteiger charge is -2.19. The van der Waals surface area contributed by atoms with Gasteiger partial charge in [0.05, 0.1) is 0 Å². The first-order chi connectivity index (χ1) is 4.09. The molecule has 2 heteroatoms. The normalized spacial score (nSPS) is 13.9. The molecule has 0 aromatic carbocycles. The van der Waals surface area contributed by atoms with Gasteiger partial charge in [0.25, 0.3) is 0 Å². The standard InChI is InChI=1S/C7H16N2/c1-5(2)7(9-8)6(3)4/h6-7,9H,1,8H2,2-4H3. The fourth-order valence-corrected chi connectivity index (χ4v) is 0.904. The second kappa shape index (κ2) is 3.64. The molecule has 0 amide bonds. The molecule has 0 saturated heterocycles. The molecular formula is C7H16N2. The van der Waals surface area contributed by atoms with Crippen LogP contribution >= 0.6 is 0 Å². The van der Waals surface area contributed by atoms with E-state index >= 15 is 0 Å². The Balaban J connectivity index is 3.83. The van der Waals surface area contributed by atoms with Crippen LogP contribution in [-0.4, -0.2) is 6.04 Å². The molecule has 0 spiro atoms. The molecule has 2 nitrogen and oxygen atoms in total. The van der Waals surface area contributed by atoms with E-state index in [2.05, 4.69) is 25.9 Å². The SMILES string of the molecule is C=C(C)C(NN)C(C)C. The molecule has 0 aromatic rings. The van der Waals surface area contributed by atoms with Crippen molar-refractivity contribution in [3.05, 3.63) is 12.2 Å². The summed E-state index contributed by atoms with van der Waals surface area (Å²) in [6.07, 6.45) is 0. The third-order valence-electron chi connectivity index (χ3n) is 1.38. The van der Waals surface area contributed by atoms with Gasteiger partial charge in [-0.2, -0.15) is 0 Å². The predicted molar refractivity (Wildman–Crippen MR) is 40.8 cm³/mol. The molecule has 0 aromatic heterocycles. The molecule has 0 radical (unpaired) electrons. The van der Waals surface area contributed by atoms with Crippen molar-refractivity contribution in [2.45, 2.75) is 26.8 Å². The molecule has 1 unspecified atom stereocenters. The highest BCUT2D eigenvalue weighted by Gasteiger charge is 2.10. The molecule has 0 bridgehead atoms. The van der Waals surface area contributed by atoms with Crippen molar-refractivity contribution in [3.8, 4) is 0 Å². The highest BCUT2D eigenvalue weighted by atomic mass is 15.2. The van der Waals surface area contributed by atoms with Gasteiger partial charge >= 0.3 is 0 Å². The molecular weight excluding hydrogens is 112 g/mol. The van der Waals surface area contributed by atoms with Crippen molar-refractivity contribution >= 4 is 0 Å². The number of hydrogen-bond donors (Lipinski definition) is 2. The summed E-state index contributed by atoms with van der Waals surface area (Å²) in [5.41, 5.74) is 3.79. The number of rotatable bonds is 3. The van der Waals surface area contributed by atoms with E-state index in [-0.39, 0.29) is 6.04 Å². The monoisotopic (exact) mass is 128 g/mol. The topological polar surface area (TPSA) is 38.0 Å². The second-order valence-corrected chi connectivity index (χ2v) is 2.73. The van der Waals surface area contributed by atoms with Gasteiger partial charge in [-0.05, 0) is 12.8 Å².